The molecule has 0 bridgehead atoms. The van der Waals surface area contributed by atoms with Crippen molar-refractivity contribution in [2.24, 2.45) is 0 Å². The first kappa shape index (κ1) is 24.2. The molecular formula is C22H25F3N2O4S. The fraction of sp³-hybridized carbons (Fsp3) is 0.409. The average molecular weight is 471 g/mol. The van der Waals surface area contributed by atoms with Crippen LogP contribution in [0.1, 0.15) is 22.7 Å². The molecule has 1 fully saturated rings. The van der Waals surface area contributed by atoms with Gasteiger partial charge < -0.3 is 10.1 Å². The molecule has 1 N–H and O–H groups in total. The van der Waals surface area contributed by atoms with E-state index in [9.17, 15) is 26.4 Å². The summed E-state index contributed by atoms with van der Waals surface area (Å²) in [5.74, 6) is -0.212. The molecule has 1 saturated heterocycles. The van der Waals surface area contributed by atoms with Crippen molar-refractivity contribution in [3.63, 3.8) is 0 Å². The average Bonchev–Trinajstić information content (AvgIpc) is 2.74. The molecule has 3 rings (SSSR count). The van der Waals surface area contributed by atoms with Crippen LogP contribution < -0.4 is 5.32 Å². The Morgan fingerprint density at radius 1 is 1.00 bits per heavy atom. The molecule has 1 unspecified atom stereocenters. The molecular weight excluding hydrogens is 445 g/mol. The van der Waals surface area contributed by atoms with Crippen molar-refractivity contribution >= 4 is 15.7 Å². The van der Waals surface area contributed by atoms with Crippen molar-refractivity contribution < 1.29 is 31.1 Å². The monoisotopic (exact) mass is 470 g/mol. The van der Waals surface area contributed by atoms with Gasteiger partial charge in [-0.1, -0.05) is 54.6 Å². The lowest BCUT2D eigenvalue weighted by molar-refractivity contribution is -0.176. The van der Waals surface area contributed by atoms with Crippen LogP contribution in [0, 0.1) is 0 Å². The summed E-state index contributed by atoms with van der Waals surface area (Å²) in [5.41, 5.74) is 2.16. The second kappa shape index (κ2) is 10.5. The topological polar surface area (TPSA) is 75.7 Å². The van der Waals surface area contributed by atoms with Crippen LogP contribution in [0.2, 0.25) is 0 Å². The van der Waals surface area contributed by atoms with Crippen LogP contribution in [0.25, 0.3) is 0 Å². The standard InChI is InChI=1S/C22H25F3N2O4S/c23-22(24,25)16-31-15-18-8-6-17(7-9-18)14-26-21(28)20(19-4-2-1-3-5-19)27-10-12-32(29,30)13-11-27/h1-9,20H,10-16H2,(H,26,28). The van der Waals surface area contributed by atoms with Gasteiger partial charge in [-0.2, -0.15) is 13.2 Å². The molecule has 2 aromatic rings. The number of sulfone groups is 1. The number of nitrogens with one attached hydrogen (secondary N) is 1. The van der Waals surface area contributed by atoms with Gasteiger partial charge in [-0.25, -0.2) is 8.42 Å². The molecule has 1 amide bonds. The lowest BCUT2D eigenvalue weighted by Crippen LogP contribution is -2.47. The maximum absolute atomic E-state index is 13.1. The highest BCUT2D eigenvalue weighted by atomic mass is 32.2. The third kappa shape index (κ3) is 7.32. The highest BCUT2D eigenvalue weighted by molar-refractivity contribution is 7.91. The number of halogens is 3. The van der Waals surface area contributed by atoms with Gasteiger partial charge in [0.1, 0.15) is 12.6 Å². The Bertz CT molecular complexity index is 982. The number of ether oxygens (including phenoxy) is 1. The number of carbonyl (C=O) groups excluding carboxylic acids is 1. The van der Waals surface area contributed by atoms with Gasteiger partial charge in [0.2, 0.25) is 5.91 Å². The number of alkyl halides is 3. The Labute approximate surface area is 185 Å². The number of hydrogen-bond donors (Lipinski definition) is 1. The number of amides is 1. The number of benzene rings is 2. The van der Waals surface area contributed by atoms with Crippen LogP contribution in [0.4, 0.5) is 13.2 Å². The van der Waals surface area contributed by atoms with Gasteiger partial charge in [-0.3, -0.25) is 9.69 Å². The fourth-order valence-corrected chi connectivity index (χ4v) is 4.70. The van der Waals surface area contributed by atoms with Crippen molar-refractivity contribution in [3.05, 3.63) is 71.3 Å². The maximum atomic E-state index is 13.1. The molecule has 10 heteroatoms. The SMILES string of the molecule is O=C(NCc1ccc(COCC(F)(F)F)cc1)C(c1ccccc1)N1CCS(=O)(=O)CC1. The third-order valence-electron chi connectivity index (χ3n) is 5.13. The minimum atomic E-state index is -4.36. The molecule has 6 nitrogen and oxygen atoms in total. The largest absolute Gasteiger partial charge is 0.411 e. The molecule has 0 saturated carbocycles. The molecule has 1 aliphatic rings. The Morgan fingerprint density at radius 3 is 2.19 bits per heavy atom. The maximum Gasteiger partial charge on any atom is 0.411 e. The predicted octanol–water partition coefficient (Wildman–Crippen LogP) is 2.85. The van der Waals surface area contributed by atoms with E-state index < -0.39 is 28.7 Å². The molecule has 1 heterocycles. The molecule has 1 atom stereocenters. The van der Waals surface area contributed by atoms with Gasteiger partial charge in [0.05, 0.1) is 18.1 Å². The van der Waals surface area contributed by atoms with Crippen molar-refractivity contribution in [1.82, 2.24) is 10.2 Å². The van der Waals surface area contributed by atoms with E-state index >= 15 is 0 Å². The molecule has 0 spiro atoms. The smallest absolute Gasteiger partial charge is 0.367 e. The van der Waals surface area contributed by atoms with Crippen molar-refractivity contribution in [3.8, 4) is 0 Å². The second-order valence-electron chi connectivity index (χ2n) is 7.64. The lowest BCUT2D eigenvalue weighted by atomic mass is 10.0. The quantitative estimate of drug-likeness (QED) is 0.642. The predicted molar refractivity (Wildman–Crippen MR) is 113 cm³/mol. The van der Waals surface area contributed by atoms with Gasteiger partial charge >= 0.3 is 6.18 Å². The van der Waals surface area contributed by atoms with Gasteiger partial charge in [-0.05, 0) is 16.7 Å². The van der Waals surface area contributed by atoms with Gasteiger partial charge in [0.25, 0.3) is 0 Å². The Balaban J connectivity index is 1.60. The molecule has 0 aromatic heterocycles. The Hall–Kier alpha value is -2.43. The van der Waals surface area contributed by atoms with Gasteiger partial charge in [-0.15, -0.1) is 0 Å². The molecule has 0 radical (unpaired) electrons. The minimum Gasteiger partial charge on any atom is -0.367 e. The van der Waals surface area contributed by atoms with Crippen LogP contribution in [-0.2, 0) is 32.5 Å². The zero-order chi connectivity index (χ0) is 23.2. The van der Waals surface area contributed by atoms with E-state index in [1.165, 1.54) is 0 Å². The summed E-state index contributed by atoms with van der Waals surface area (Å²) in [6.45, 7) is -0.661. The van der Waals surface area contributed by atoms with E-state index in [0.29, 0.717) is 5.56 Å². The second-order valence-corrected chi connectivity index (χ2v) is 9.95. The normalized spacial score (nSPS) is 17.6. The first-order valence-electron chi connectivity index (χ1n) is 10.1. The summed E-state index contributed by atoms with van der Waals surface area (Å²) in [6.07, 6.45) is -4.36. The first-order valence-corrected chi connectivity index (χ1v) is 11.9. The zero-order valence-corrected chi connectivity index (χ0v) is 18.2. The molecule has 174 valence electrons. The van der Waals surface area contributed by atoms with E-state index in [1.54, 1.807) is 24.3 Å². The van der Waals surface area contributed by atoms with Crippen LogP contribution in [0.5, 0.6) is 0 Å². The molecule has 32 heavy (non-hydrogen) atoms. The first-order chi connectivity index (χ1) is 15.1. The van der Waals surface area contributed by atoms with Crippen LogP contribution in [-0.4, -0.2) is 56.6 Å². The van der Waals surface area contributed by atoms with E-state index in [0.717, 1.165) is 11.1 Å². The van der Waals surface area contributed by atoms with Crippen molar-refractivity contribution in [1.29, 1.82) is 0 Å². The lowest BCUT2D eigenvalue weighted by Gasteiger charge is -2.33. The number of rotatable bonds is 8. The minimum absolute atomic E-state index is 0.0154. The van der Waals surface area contributed by atoms with Gasteiger partial charge in [0, 0.05) is 19.6 Å². The Morgan fingerprint density at radius 2 is 1.59 bits per heavy atom. The summed E-state index contributed by atoms with van der Waals surface area (Å²) in [7, 11) is -3.08. The van der Waals surface area contributed by atoms with E-state index in [4.69, 9.17) is 0 Å². The molecule has 1 aliphatic heterocycles. The number of nitrogens with zero attached hydrogens (tertiary/aromatic N) is 1. The zero-order valence-electron chi connectivity index (χ0n) is 17.3. The van der Waals surface area contributed by atoms with Crippen LogP contribution >= 0.6 is 0 Å². The van der Waals surface area contributed by atoms with Gasteiger partial charge in [0.15, 0.2) is 9.84 Å². The fourth-order valence-electron chi connectivity index (χ4n) is 3.47. The number of hydrogen-bond acceptors (Lipinski definition) is 5. The number of carbonyl (C=O) groups is 1. The van der Waals surface area contributed by atoms with Crippen LogP contribution in [0.3, 0.4) is 0 Å². The Kier molecular flexibility index (Phi) is 7.91. The third-order valence-corrected chi connectivity index (χ3v) is 6.74. The van der Waals surface area contributed by atoms with E-state index in [1.807, 2.05) is 35.2 Å². The summed E-state index contributed by atoms with van der Waals surface area (Å²) in [6, 6.07) is 15.3. The molecule has 2 aromatic carbocycles. The highest BCUT2D eigenvalue weighted by Gasteiger charge is 2.32. The summed E-state index contributed by atoms with van der Waals surface area (Å²) >= 11 is 0. The van der Waals surface area contributed by atoms with E-state index in [-0.39, 0.29) is 43.7 Å². The summed E-state index contributed by atoms with van der Waals surface area (Å²) in [4.78, 5) is 14.9. The van der Waals surface area contributed by atoms with Crippen molar-refractivity contribution in [2.75, 3.05) is 31.2 Å². The van der Waals surface area contributed by atoms with Crippen molar-refractivity contribution in [2.45, 2.75) is 25.4 Å². The highest BCUT2D eigenvalue weighted by Crippen LogP contribution is 2.23. The van der Waals surface area contributed by atoms with Crippen LogP contribution in [0.15, 0.2) is 54.6 Å². The summed E-state index contributed by atoms with van der Waals surface area (Å²) in [5, 5.41) is 2.89. The summed E-state index contributed by atoms with van der Waals surface area (Å²) < 4.78 is 64.7. The van der Waals surface area contributed by atoms with E-state index in [2.05, 4.69) is 10.1 Å². The molecule has 0 aliphatic carbocycles.